The molecule has 2 heteroatoms. The van der Waals surface area contributed by atoms with Crippen LogP contribution < -0.4 is 0 Å². The van der Waals surface area contributed by atoms with Crippen LogP contribution in [0.4, 0.5) is 0 Å². The van der Waals surface area contributed by atoms with Crippen molar-refractivity contribution >= 4 is 11.8 Å². The molecular weight excluding hydrogens is 168 g/mol. The van der Waals surface area contributed by atoms with Crippen LogP contribution in [-0.4, -0.2) is 12.9 Å². The van der Waals surface area contributed by atoms with Crippen LogP contribution in [0.2, 0.25) is 0 Å². The van der Waals surface area contributed by atoms with Crippen LogP contribution in [0.5, 0.6) is 0 Å². The fourth-order valence-corrected chi connectivity index (χ4v) is 1.94. The Morgan fingerprint density at radius 1 is 1.33 bits per heavy atom. The van der Waals surface area contributed by atoms with E-state index >= 15 is 0 Å². The molecule has 0 aliphatic carbocycles. The van der Waals surface area contributed by atoms with Crippen LogP contribution in [0.25, 0.3) is 0 Å². The van der Waals surface area contributed by atoms with Gasteiger partial charge in [0.05, 0.1) is 13.2 Å². The summed E-state index contributed by atoms with van der Waals surface area (Å²) < 4.78 is 5.39. The molecule has 0 radical (unpaired) electrons. The zero-order valence-corrected chi connectivity index (χ0v) is 7.99. The minimum atomic E-state index is 0.795. The standard InChI is InChI=1S/C10H12OS/c1-12-10-3-2-8-4-5-11-7-9(8)6-10/h2-3,6H,4-5,7H2,1H3. The molecule has 12 heavy (non-hydrogen) atoms. The zero-order chi connectivity index (χ0) is 8.39. The first-order valence-electron chi connectivity index (χ1n) is 4.13. The van der Waals surface area contributed by atoms with E-state index in [0.717, 1.165) is 19.6 Å². The van der Waals surface area contributed by atoms with E-state index in [0.29, 0.717) is 0 Å². The minimum Gasteiger partial charge on any atom is -0.376 e. The molecule has 0 saturated heterocycles. The molecule has 1 aliphatic heterocycles. The van der Waals surface area contributed by atoms with E-state index in [-0.39, 0.29) is 0 Å². The third kappa shape index (κ3) is 1.50. The molecule has 0 aromatic heterocycles. The van der Waals surface area contributed by atoms with E-state index in [1.807, 2.05) is 0 Å². The van der Waals surface area contributed by atoms with Gasteiger partial charge in [-0.2, -0.15) is 0 Å². The van der Waals surface area contributed by atoms with E-state index in [1.165, 1.54) is 16.0 Å². The lowest BCUT2D eigenvalue weighted by Crippen LogP contribution is -2.09. The molecule has 0 bridgehead atoms. The van der Waals surface area contributed by atoms with Crippen molar-refractivity contribution in [3.05, 3.63) is 29.3 Å². The highest BCUT2D eigenvalue weighted by molar-refractivity contribution is 7.98. The van der Waals surface area contributed by atoms with Crippen molar-refractivity contribution in [1.82, 2.24) is 0 Å². The third-order valence-corrected chi connectivity index (χ3v) is 2.91. The second-order valence-corrected chi connectivity index (χ2v) is 3.82. The maximum absolute atomic E-state index is 5.39. The van der Waals surface area contributed by atoms with Gasteiger partial charge in [-0.05, 0) is 35.9 Å². The van der Waals surface area contributed by atoms with Gasteiger partial charge < -0.3 is 4.74 Å². The van der Waals surface area contributed by atoms with Crippen LogP contribution in [0, 0.1) is 0 Å². The van der Waals surface area contributed by atoms with Gasteiger partial charge in [0.2, 0.25) is 0 Å². The Hall–Kier alpha value is -0.470. The molecule has 1 aromatic carbocycles. The summed E-state index contributed by atoms with van der Waals surface area (Å²) in [4.78, 5) is 1.33. The molecule has 0 amide bonds. The molecule has 0 atom stereocenters. The summed E-state index contributed by atoms with van der Waals surface area (Å²) in [7, 11) is 0. The number of hydrogen-bond donors (Lipinski definition) is 0. The Labute approximate surface area is 77.1 Å². The number of fused-ring (bicyclic) bond motifs is 1. The Kier molecular flexibility index (Phi) is 2.38. The molecule has 1 aliphatic rings. The van der Waals surface area contributed by atoms with E-state index in [9.17, 15) is 0 Å². The van der Waals surface area contributed by atoms with Gasteiger partial charge in [-0.25, -0.2) is 0 Å². The van der Waals surface area contributed by atoms with Crippen molar-refractivity contribution in [2.75, 3.05) is 12.9 Å². The number of benzene rings is 1. The van der Waals surface area contributed by atoms with Gasteiger partial charge in [0.1, 0.15) is 0 Å². The van der Waals surface area contributed by atoms with Crippen LogP contribution in [0.1, 0.15) is 11.1 Å². The smallest absolute Gasteiger partial charge is 0.0720 e. The Morgan fingerprint density at radius 3 is 3.08 bits per heavy atom. The summed E-state index contributed by atoms with van der Waals surface area (Å²) in [6.45, 7) is 1.68. The Bertz CT molecular complexity index is 283. The zero-order valence-electron chi connectivity index (χ0n) is 7.17. The summed E-state index contributed by atoms with van der Waals surface area (Å²) >= 11 is 1.79. The van der Waals surface area contributed by atoms with Gasteiger partial charge in [0, 0.05) is 4.90 Å². The van der Waals surface area contributed by atoms with Gasteiger partial charge >= 0.3 is 0 Å². The molecule has 1 aromatic rings. The second kappa shape index (κ2) is 3.50. The number of hydrogen-bond acceptors (Lipinski definition) is 2. The molecule has 1 nitrogen and oxygen atoms in total. The van der Waals surface area contributed by atoms with Crippen molar-refractivity contribution in [3.8, 4) is 0 Å². The van der Waals surface area contributed by atoms with Crippen LogP contribution >= 0.6 is 11.8 Å². The quantitative estimate of drug-likeness (QED) is 0.614. The number of thioether (sulfide) groups is 1. The molecule has 0 saturated carbocycles. The maximum Gasteiger partial charge on any atom is 0.0720 e. The number of ether oxygens (including phenoxy) is 1. The molecule has 0 spiro atoms. The molecule has 1 heterocycles. The average molecular weight is 180 g/mol. The van der Waals surface area contributed by atoms with Crippen molar-refractivity contribution in [3.63, 3.8) is 0 Å². The first-order valence-corrected chi connectivity index (χ1v) is 5.36. The minimum absolute atomic E-state index is 0.795. The van der Waals surface area contributed by atoms with E-state index in [4.69, 9.17) is 4.74 Å². The van der Waals surface area contributed by atoms with Gasteiger partial charge in [-0.1, -0.05) is 6.07 Å². The Balaban J connectivity index is 2.36. The highest BCUT2D eigenvalue weighted by atomic mass is 32.2. The first kappa shape index (κ1) is 8.14. The normalized spacial score (nSPS) is 15.8. The molecule has 0 N–H and O–H groups in total. The fraction of sp³-hybridized carbons (Fsp3) is 0.400. The van der Waals surface area contributed by atoms with Gasteiger partial charge in [0.25, 0.3) is 0 Å². The summed E-state index contributed by atoms with van der Waals surface area (Å²) in [5, 5.41) is 0. The molecule has 0 fully saturated rings. The van der Waals surface area contributed by atoms with Crippen LogP contribution in [0.3, 0.4) is 0 Å². The SMILES string of the molecule is CSc1ccc2c(c1)COCC2. The topological polar surface area (TPSA) is 9.23 Å². The largest absolute Gasteiger partial charge is 0.376 e. The van der Waals surface area contributed by atoms with E-state index in [1.54, 1.807) is 11.8 Å². The van der Waals surface area contributed by atoms with Gasteiger partial charge in [0.15, 0.2) is 0 Å². The lowest BCUT2D eigenvalue weighted by Gasteiger charge is -2.16. The fourth-order valence-electron chi connectivity index (χ4n) is 1.47. The molecule has 2 rings (SSSR count). The van der Waals surface area contributed by atoms with Gasteiger partial charge in [-0.3, -0.25) is 0 Å². The number of rotatable bonds is 1. The van der Waals surface area contributed by atoms with Gasteiger partial charge in [-0.15, -0.1) is 11.8 Å². The summed E-state index contributed by atoms with van der Waals surface area (Å²) in [5.74, 6) is 0. The van der Waals surface area contributed by atoms with Crippen molar-refractivity contribution < 1.29 is 4.74 Å². The maximum atomic E-state index is 5.39. The predicted octanol–water partition coefficient (Wildman–Crippen LogP) is 2.48. The van der Waals surface area contributed by atoms with E-state index < -0.39 is 0 Å². The molecular formula is C10H12OS. The van der Waals surface area contributed by atoms with Crippen molar-refractivity contribution in [1.29, 1.82) is 0 Å². The first-order chi connectivity index (χ1) is 5.90. The summed E-state index contributed by atoms with van der Waals surface area (Å²) in [6, 6.07) is 6.65. The lowest BCUT2D eigenvalue weighted by molar-refractivity contribution is 0.110. The molecule has 0 unspecified atom stereocenters. The highest BCUT2D eigenvalue weighted by Crippen LogP contribution is 2.22. The van der Waals surface area contributed by atoms with Crippen molar-refractivity contribution in [2.24, 2.45) is 0 Å². The predicted molar refractivity (Wildman–Crippen MR) is 51.6 cm³/mol. The Morgan fingerprint density at radius 2 is 2.25 bits per heavy atom. The lowest BCUT2D eigenvalue weighted by atomic mass is 10.0. The summed E-state index contributed by atoms with van der Waals surface area (Å²) in [5.41, 5.74) is 2.83. The third-order valence-electron chi connectivity index (χ3n) is 2.19. The summed E-state index contributed by atoms with van der Waals surface area (Å²) in [6.07, 6.45) is 3.18. The van der Waals surface area contributed by atoms with Crippen LogP contribution in [-0.2, 0) is 17.8 Å². The van der Waals surface area contributed by atoms with Crippen LogP contribution in [0.15, 0.2) is 23.1 Å². The monoisotopic (exact) mass is 180 g/mol. The highest BCUT2D eigenvalue weighted by Gasteiger charge is 2.08. The van der Waals surface area contributed by atoms with E-state index in [2.05, 4.69) is 24.5 Å². The average Bonchev–Trinajstić information content (AvgIpc) is 2.17. The van der Waals surface area contributed by atoms with Crippen molar-refractivity contribution in [2.45, 2.75) is 17.9 Å². The second-order valence-electron chi connectivity index (χ2n) is 2.94. The molecule has 64 valence electrons.